The molecule has 0 spiro atoms. The molecule has 0 unspecified atom stereocenters. The van der Waals surface area contributed by atoms with Crippen LogP contribution in [0.3, 0.4) is 0 Å². The summed E-state index contributed by atoms with van der Waals surface area (Å²) in [7, 11) is 0. The lowest BCUT2D eigenvalue weighted by Gasteiger charge is -2.14. The van der Waals surface area contributed by atoms with E-state index in [1.807, 2.05) is 0 Å². The van der Waals surface area contributed by atoms with Gasteiger partial charge in [-0.15, -0.1) is 11.8 Å². The maximum Gasteiger partial charge on any atom is 0.434 e. The molecular weight excluding hydrogens is 495 g/mol. The molecule has 0 fully saturated rings. The van der Waals surface area contributed by atoms with Crippen molar-refractivity contribution in [3.05, 3.63) is 40.0 Å². The van der Waals surface area contributed by atoms with Crippen LogP contribution in [0.1, 0.15) is 11.3 Å². The highest BCUT2D eigenvalue weighted by atomic mass is 79.9. The van der Waals surface area contributed by atoms with Crippen LogP contribution >= 0.6 is 27.7 Å². The van der Waals surface area contributed by atoms with E-state index in [1.54, 1.807) is 0 Å². The van der Waals surface area contributed by atoms with E-state index in [4.69, 9.17) is 4.74 Å². The molecule has 160 valence electrons. The molecule has 2 aromatic rings. The van der Waals surface area contributed by atoms with Crippen molar-refractivity contribution in [1.29, 1.82) is 0 Å². The van der Waals surface area contributed by atoms with Gasteiger partial charge in [-0.25, -0.2) is 14.4 Å². The van der Waals surface area contributed by atoms with E-state index in [0.717, 1.165) is 18.5 Å². The Hall–Kier alpha value is -1.76. The van der Waals surface area contributed by atoms with Crippen LogP contribution in [0.4, 0.5) is 36.6 Å². The number of thioether (sulfide) groups is 1. The van der Waals surface area contributed by atoms with Gasteiger partial charge >= 0.3 is 12.4 Å². The Bertz CT molecular complexity index is 862. The molecule has 1 aromatic heterocycles. The predicted octanol–water partition coefficient (Wildman–Crippen LogP) is 5.85. The molecule has 0 saturated carbocycles. The number of halogens is 8. The van der Waals surface area contributed by atoms with E-state index in [1.165, 1.54) is 6.92 Å². The fourth-order valence-corrected chi connectivity index (χ4v) is 3.45. The predicted molar refractivity (Wildman–Crippen MR) is 96.6 cm³/mol. The van der Waals surface area contributed by atoms with Gasteiger partial charge in [-0.05, 0) is 40.5 Å². The Morgan fingerprint density at radius 1 is 1.14 bits per heavy atom. The summed E-state index contributed by atoms with van der Waals surface area (Å²) < 4.78 is 94.3. The van der Waals surface area contributed by atoms with E-state index >= 15 is 0 Å². The van der Waals surface area contributed by atoms with Crippen molar-refractivity contribution >= 4 is 33.5 Å². The maximum absolute atomic E-state index is 14.0. The molecule has 0 bridgehead atoms. The Balaban J connectivity index is 1.99. The van der Waals surface area contributed by atoms with Gasteiger partial charge in [0.05, 0.1) is 16.8 Å². The van der Waals surface area contributed by atoms with E-state index in [0.29, 0.717) is 17.3 Å². The summed E-state index contributed by atoms with van der Waals surface area (Å²) in [5.74, 6) is -2.30. The first-order valence-electron chi connectivity index (χ1n) is 7.82. The van der Waals surface area contributed by atoms with Gasteiger partial charge in [0.2, 0.25) is 0 Å². The lowest BCUT2D eigenvalue weighted by molar-refractivity contribution is -0.141. The van der Waals surface area contributed by atoms with Crippen LogP contribution in [0.2, 0.25) is 0 Å². The summed E-state index contributed by atoms with van der Waals surface area (Å²) in [5, 5.41) is 2.59. The lowest BCUT2D eigenvalue weighted by atomic mass is 10.2. The van der Waals surface area contributed by atoms with Crippen LogP contribution in [-0.2, 0) is 6.18 Å². The van der Waals surface area contributed by atoms with Crippen LogP contribution in [0, 0.1) is 12.7 Å². The Kier molecular flexibility index (Phi) is 7.60. The molecule has 29 heavy (non-hydrogen) atoms. The molecule has 0 amide bonds. The number of hydrogen-bond donors (Lipinski definition) is 1. The highest BCUT2D eigenvalue weighted by Gasteiger charge is 2.36. The fourth-order valence-electron chi connectivity index (χ4n) is 2.08. The monoisotopic (exact) mass is 507 g/mol. The van der Waals surface area contributed by atoms with Gasteiger partial charge in [0, 0.05) is 4.90 Å². The van der Waals surface area contributed by atoms with Gasteiger partial charge in [0.25, 0.3) is 0 Å². The van der Waals surface area contributed by atoms with Gasteiger partial charge < -0.3 is 10.1 Å². The third kappa shape index (κ3) is 6.91. The minimum atomic E-state index is -4.68. The maximum atomic E-state index is 14.0. The van der Waals surface area contributed by atoms with Crippen LogP contribution in [-0.4, -0.2) is 35.0 Å². The smallest absolute Gasteiger partial charge is 0.434 e. The third-order valence-electron chi connectivity index (χ3n) is 3.33. The Morgan fingerprint density at radius 3 is 2.45 bits per heavy atom. The van der Waals surface area contributed by atoms with Gasteiger partial charge in [0.15, 0.2) is 17.3 Å². The minimum absolute atomic E-state index is 0.0503. The molecule has 4 nitrogen and oxygen atoms in total. The first-order valence-corrected chi connectivity index (χ1v) is 9.60. The minimum Gasteiger partial charge on any atom is -0.489 e. The summed E-state index contributed by atoms with van der Waals surface area (Å²) in [6.45, 7) is 1.24. The topological polar surface area (TPSA) is 47.0 Å². The normalized spacial score (nSPS) is 12.2. The number of aromatic nitrogens is 2. The Labute approximate surface area is 173 Å². The number of anilines is 1. The van der Waals surface area contributed by atoms with Crippen LogP contribution in [0.15, 0.2) is 27.8 Å². The molecule has 0 aliphatic rings. The lowest BCUT2D eigenvalue weighted by Crippen LogP contribution is -2.16. The largest absolute Gasteiger partial charge is 0.489 e. The van der Waals surface area contributed by atoms with E-state index < -0.39 is 29.6 Å². The molecule has 1 N–H and O–H groups in total. The second kappa shape index (κ2) is 9.37. The van der Waals surface area contributed by atoms with Gasteiger partial charge in [0.1, 0.15) is 18.8 Å². The number of aryl methyl sites for hydroxylation is 1. The third-order valence-corrected chi connectivity index (χ3v) is 5.30. The van der Waals surface area contributed by atoms with Gasteiger partial charge in [-0.2, -0.15) is 26.3 Å². The molecule has 0 aliphatic heterocycles. The number of benzene rings is 1. The van der Waals surface area contributed by atoms with Crippen molar-refractivity contribution in [2.45, 2.75) is 24.2 Å². The molecule has 0 atom stereocenters. The van der Waals surface area contributed by atoms with Gasteiger partial charge in [-0.1, -0.05) is 0 Å². The average molecular weight is 508 g/mol. The molecule has 0 saturated heterocycles. The highest BCUT2D eigenvalue weighted by molar-refractivity contribution is 9.10. The van der Waals surface area contributed by atoms with Crippen molar-refractivity contribution in [3.8, 4) is 5.75 Å². The zero-order valence-corrected chi connectivity index (χ0v) is 17.0. The van der Waals surface area contributed by atoms with E-state index in [-0.39, 0.29) is 34.1 Å². The first-order chi connectivity index (χ1) is 13.4. The summed E-state index contributed by atoms with van der Waals surface area (Å²) >= 11 is 3.28. The molecule has 13 heteroatoms. The zero-order chi connectivity index (χ0) is 21.8. The number of rotatable bonds is 7. The van der Waals surface area contributed by atoms with Crippen molar-refractivity contribution in [1.82, 2.24) is 9.97 Å². The van der Waals surface area contributed by atoms with Crippen LogP contribution < -0.4 is 10.1 Å². The van der Waals surface area contributed by atoms with Crippen molar-refractivity contribution < 1.29 is 35.5 Å². The summed E-state index contributed by atoms with van der Waals surface area (Å²) in [5.41, 5.74) is -0.835. The molecule has 0 aliphatic carbocycles. The second-order valence-electron chi connectivity index (χ2n) is 5.61. The molecule has 0 radical (unpaired) electrons. The van der Waals surface area contributed by atoms with Crippen LogP contribution in [0.25, 0.3) is 0 Å². The van der Waals surface area contributed by atoms with Gasteiger partial charge in [-0.3, -0.25) is 0 Å². The highest BCUT2D eigenvalue weighted by Crippen LogP contribution is 2.36. The quantitative estimate of drug-likeness (QED) is 0.289. The summed E-state index contributed by atoms with van der Waals surface area (Å²) in [4.78, 5) is 7.05. The summed E-state index contributed by atoms with van der Waals surface area (Å²) in [6, 6.07) is 2.21. The van der Waals surface area contributed by atoms with Crippen molar-refractivity contribution in [3.63, 3.8) is 0 Å². The number of hydrogen-bond acceptors (Lipinski definition) is 5. The standard InChI is InChI=1S/C16H13BrF7N3OS/c1-8-4-9(18)10(5-11(8)29-6-15(19,20)21)28-3-2-25-14-12(17)13(16(22,23)24)26-7-27-14/h4-5,7H,2-3,6H2,1H3,(H,25,26,27). The first kappa shape index (κ1) is 23.5. The molecule has 2 rings (SSSR count). The molecule has 1 heterocycles. The van der Waals surface area contributed by atoms with Crippen LogP contribution in [0.5, 0.6) is 5.75 Å². The number of ether oxygens (including phenoxy) is 1. The van der Waals surface area contributed by atoms with Crippen molar-refractivity contribution in [2.75, 3.05) is 24.2 Å². The number of alkyl halides is 6. The van der Waals surface area contributed by atoms with Crippen molar-refractivity contribution in [2.24, 2.45) is 0 Å². The SMILES string of the molecule is Cc1cc(F)c(OCCNc2ncnc(C(F)(F)F)c2Br)cc1SCC(F)(F)F. The molecule has 1 aromatic carbocycles. The van der Waals surface area contributed by atoms with E-state index in [2.05, 4.69) is 31.2 Å². The zero-order valence-electron chi connectivity index (χ0n) is 14.6. The fraction of sp³-hybridized carbons (Fsp3) is 0.375. The second-order valence-corrected chi connectivity index (χ2v) is 7.42. The average Bonchev–Trinajstić information content (AvgIpc) is 2.58. The molecular formula is C16H13BrF7N3OS. The number of nitrogens with zero attached hydrogens (tertiary/aromatic N) is 2. The summed E-state index contributed by atoms with van der Waals surface area (Å²) in [6.07, 6.45) is -8.32. The Morgan fingerprint density at radius 2 is 1.83 bits per heavy atom. The van der Waals surface area contributed by atoms with E-state index in [9.17, 15) is 30.7 Å². The number of nitrogens with one attached hydrogen (secondary N) is 1.